The van der Waals surface area contributed by atoms with Crippen LogP contribution in [0.15, 0.2) is 12.1 Å². The van der Waals surface area contributed by atoms with E-state index in [0.29, 0.717) is 19.6 Å². The maximum absolute atomic E-state index is 12.1. The molecule has 0 heterocycles. The maximum atomic E-state index is 12.1. The molecule has 1 aromatic carbocycles. The number of methoxy groups -OCH3 is 1. The molecule has 0 spiro atoms. The minimum atomic E-state index is -0.623. The zero-order valence-electron chi connectivity index (χ0n) is 13.3. The number of nitro benzene ring substituents is 1. The van der Waals surface area contributed by atoms with Gasteiger partial charge in [-0.05, 0) is 20.3 Å². The van der Waals surface area contributed by atoms with Gasteiger partial charge in [-0.2, -0.15) is 0 Å². The van der Waals surface area contributed by atoms with Crippen molar-refractivity contribution in [1.82, 2.24) is 5.32 Å². The molecule has 8 nitrogen and oxygen atoms in total. The van der Waals surface area contributed by atoms with Crippen LogP contribution in [0.25, 0.3) is 0 Å². The van der Waals surface area contributed by atoms with Crippen LogP contribution in [0.4, 0.5) is 5.69 Å². The molecule has 0 bridgehead atoms. The number of rotatable bonds is 8. The van der Waals surface area contributed by atoms with Gasteiger partial charge in [0.15, 0.2) is 11.5 Å². The molecular formula is C14H22ClN3O5. The molecule has 0 aliphatic rings. The monoisotopic (exact) mass is 347 g/mol. The Hall–Kier alpha value is -2.06. The van der Waals surface area contributed by atoms with Gasteiger partial charge in [-0.25, -0.2) is 0 Å². The Morgan fingerprint density at radius 1 is 1.43 bits per heavy atom. The SMILES string of the molecule is CCOc1cc([N+](=O)[O-])c(C(=O)NCCC(C)N)cc1OC.Cl. The van der Waals surface area contributed by atoms with Gasteiger partial charge in [-0.3, -0.25) is 14.9 Å². The zero-order chi connectivity index (χ0) is 16.7. The third-order valence-corrected chi connectivity index (χ3v) is 2.91. The predicted octanol–water partition coefficient (Wildman–Crippen LogP) is 1.89. The lowest BCUT2D eigenvalue weighted by atomic mass is 10.1. The average Bonchev–Trinajstić information content (AvgIpc) is 2.46. The van der Waals surface area contributed by atoms with Crippen molar-refractivity contribution in [2.24, 2.45) is 5.73 Å². The van der Waals surface area contributed by atoms with Gasteiger partial charge in [0.1, 0.15) is 5.56 Å². The third kappa shape index (κ3) is 5.91. The molecule has 23 heavy (non-hydrogen) atoms. The first-order chi connectivity index (χ1) is 10.4. The molecule has 0 saturated carbocycles. The highest BCUT2D eigenvalue weighted by Gasteiger charge is 2.24. The largest absolute Gasteiger partial charge is 0.493 e. The molecule has 1 aromatic rings. The van der Waals surface area contributed by atoms with Crippen molar-refractivity contribution in [2.75, 3.05) is 20.3 Å². The summed E-state index contributed by atoms with van der Waals surface area (Å²) in [6.07, 6.45) is 0.577. The lowest BCUT2D eigenvalue weighted by Gasteiger charge is -2.12. The lowest BCUT2D eigenvalue weighted by molar-refractivity contribution is -0.385. The van der Waals surface area contributed by atoms with Crippen molar-refractivity contribution < 1.29 is 19.2 Å². The van der Waals surface area contributed by atoms with Crippen LogP contribution in [0.5, 0.6) is 11.5 Å². The summed E-state index contributed by atoms with van der Waals surface area (Å²) in [5.74, 6) is -0.0534. The first kappa shape index (κ1) is 20.9. The Bertz CT molecular complexity index is 551. The number of halogens is 1. The van der Waals surface area contributed by atoms with Crippen molar-refractivity contribution in [3.05, 3.63) is 27.8 Å². The van der Waals surface area contributed by atoms with Gasteiger partial charge in [0.25, 0.3) is 11.6 Å². The molecule has 9 heteroatoms. The summed E-state index contributed by atoms with van der Waals surface area (Å²) in [7, 11) is 1.40. The summed E-state index contributed by atoms with van der Waals surface area (Å²) >= 11 is 0. The molecule has 3 N–H and O–H groups in total. The van der Waals surface area contributed by atoms with Crippen molar-refractivity contribution >= 4 is 24.0 Å². The Kier molecular flexibility index (Phi) is 8.97. The number of nitrogens with zero attached hydrogens (tertiary/aromatic N) is 1. The number of ether oxygens (including phenoxy) is 2. The highest BCUT2D eigenvalue weighted by Crippen LogP contribution is 2.34. The summed E-state index contributed by atoms with van der Waals surface area (Å²) < 4.78 is 10.4. The fourth-order valence-corrected chi connectivity index (χ4v) is 1.82. The lowest BCUT2D eigenvalue weighted by Crippen LogP contribution is -2.29. The molecule has 130 valence electrons. The van der Waals surface area contributed by atoms with Gasteiger partial charge >= 0.3 is 0 Å². The number of benzene rings is 1. The number of nitro groups is 1. The van der Waals surface area contributed by atoms with E-state index >= 15 is 0 Å². The second-order valence-electron chi connectivity index (χ2n) is 4.73. The molecule has 0 aromatic heterocycles. The number of hydrogen-bond acceptors (Lipinski definition) is 6. The van der Waals surface area contributed by atoms with Crippen LogP contribution in [-0.2, 0) is 0 Å². The molecule has 0 fully saturated rings. The summed E-state index contributed by atoms with van der Waals surface area (Å²) in [4.78, 5) is 22.7. The quantitative estimate of drug-likeness (QED) is 0.547. The van der Waals surface area contributed by atoms with Gasteiger partial charge in [-0.1, -0.05) is 0 Å². The van der Waals surface area contributed by atoms with E-state index in [1.165, 1.54) is 19.2 Å². The highest BCUT2D eigenvalue weighted by atomic mass is 35.5. The van der Waals surface area contributed by atoms with Crippen LogP contribution in [0.3, 0.4) is 0 Å². The van der Waals surface area contributed by atoms with E-state index in [2.05, 4.69) is 5.32 Å². The van der Waals surface area contributed by atoms with Crippen LogP contribution in [0.1, 0.15) is 30.6 Å². The fourth-order valence-electron chi connectivity index (χ4n) is 1.82. The Morgan fingerprint density at radius 3 is 2.57 bits per heavy atom. The maximum Gasteiger partial charge on any atom is 0.286 e. The van der Waals surface area contributed by atoms with Crippen LogP contribution < -0.4 is 20.5 Å². The minimum Gasteiger partial charge on any atom is -0.493 e. The Labute approximate surface area is 140 Å². The van der Waals surface area contributed by atoms with Crippen LogP contribution >= 0.6 is 12.4 Å². The number of hydrogen-bond donors (Lipinski definition) is 2. The molecule has 0 saturated heterocycles. The standard InChI is InChI=1S/C14H21N3O5.ClH/c1-4-22-13-8-11(17(19)20)10(7-12(13)21-3)14(18)16-6-5-9(2)15;/h7-9H,4-6,15H2,1-3H3,(H,16,18);1H. The van der Waals surface area contributed by atoms with Crippen LogP contribution in [0, 0.1) is 10.1 Å². The molecule has 1 rings (SSSR count). The Morgan fingerprint density at radius 2 is 2.09 bits per heavy atom. The van der Waals surface area contributed by atoms with Gasteiger partial charge in [0.05, 0.1) is 24.7 Å². The van der Waals surface area contributed by atoms with Gasteiger partial charge in [0, 0.05) is 18.7 Å². The number of carbonyl (C=O) groups is 1. The highest BCUT2D eigenvalue weighted by molar-refractivity contribution is 5.99. The topological polar surface area (TPSA) is 117 Å². The van der Waals surface area contributed by atoms with Gasteiger partial charge < -0.3 is 20.5 Å². The number of nitrogens with two attached hydrogens (primary N) is 1. The second kappa shape index (κ2) is 9.86. The summed E-state index contributed by atoms with van der Waals surface area (Å²) in [6, 6.07) is 2.44. The van der Waals surface area contributed by atoms with Crippen molar-refractivity contribution in [3.63, 3.8) is 0 Å². The molecule has 1 amide bonds. The predicted molar refractivity (Wildman–Crippen MR) is 88.7 cm³/mol. The molecule has 0 radical (unpaired) electrons. The first-order valence-electron chi connectivity index (χ1n) is 6.93. The van der Waals surface area contributed by atoms with E-state index in [1.807, 2.05) is 6.92 Å². The van der Waals surface area contributed by atoms with Crippen molar-refractivity contribution in [1.29, 1.82) is 0 Å². The van der Waals surface area contributed by atoms with E-state index < -0.39 is 10.8 Å². The minimum absolute atomic E-state index is 0. The summed E-state index contributed by atoms with van der Waals surface area (Å²) in [6.45, 7) is 4.23. The van der Waals surface area contributed by atoms with Crippen molar-refractivity contribution in [2.45, 2.75) is 26.3 Å². The van der Waals surface area contributed by atoms with Crippen molar-refractivity contribution in [3.8, 4) is 11.5 Å². The van der Waals surface area contributed by atoms with Crippen LogP contribution in [0.2, 0.25) is 0 Å². The van der Waals surface area contributed by atoms with E-state index in [1.54, 1.807) is 6.92 Å². The van der Waals surface area contributed by atoms with Gasteiger partial charge in [0.2, 0.25) is 0 Å². The van der Waals surface area contributed by atoms with E-state index in [-0.39, 0.29) is 41.2 Å². The number of carbonyl (C=O) groups excluding carboxylic acids is 1. The molecule has 1 atom stereocenters. The molecule has 0 aliphatic heterocycles. The Balaban J connectivity index is 0.00000484. The van der Waals surface area contributed by atoms with E-state index in [0.717, 1.165) is 0 Å². The first-order valence-corrected chi connectivity index (χ1v) is 6.93. The summed E-state index contributed by atoms with van der Waals surface area (Å²) in [5, 5.41) is 13.8. The van der Waals surface area contributed by atoms with Crippen LogP contribution in [-0.4, -0.2) is 37.1 Å². The third-order valence-electron chi connectivity index (χ3n) is 2.91. The van der Waals surface area contributed by atoms with Gasteiger partial charge in [-0.15, -0.1) is 12.4 Å². The normalized spacial score (nSPS) is 11.1. The summed E-state index contributed by atoms with van der Waals surface area (Å²) in [5.41, 5.74) is 5.19. The van der Waals surface area contributed by atoms with E-state index in [9.17, 15) is 14.9 Å². The molecule has 1 unspecified atom stereocenters. The molecule has 0 aliphatic carbocycles. The molecular weight excluding hydrogens is 326 g/mol. The average molecular weight is 348 g/mol. The number of nitrogens with one attached hydrogen (secondary N) is 1. The number of amides is 1. The smallest absolute Gasteiger partial charge is 0.286 e. The second-order valence-corrected chi connectivity index (χ2v) is 4.73. The zero-order valence-corrected chi connectivity index (χ0v) is 14.1. The fraction of sp³-hybridized carbons (Fsp3) is 0.500. The van der Waals surface area contributed by atoms with E-state index in [4.69, 9.17) is 15.2 Å².